The van der Waals surface area contributed by atoms with E-state index in [1.54, 1.807) is 16.2 Å². The van der Waals surface area contributed by atoms with Crippen molar-refractivity contribution in [1.82, 2.24) is 14.2 Å². The van der Waals surface area contributed by atoms with Gasteiger partial charge >= 0.3 is 0 Å². The highest BCUT2D eigenvalue weighted by Gasteiger charge is 2.27. The summed E-state index contributed by atoms with van der Waals surface area (Å²) < 4.78 is 26.6. The van der Waals surface area contributed by atoms with Gasteiger partial charge in [-0.1, -0.05) is 12.1 Å². The third-order valence-corrected chi connectivity index (χ3v) is 7.89. The van der Waals surface area contributed by atoms with Gasteiger partial charge in [0.05, 0.1) is 17.1 Å². The van der Waals surface area contributed by atoms with E-state index in [1.165, 1.54) is 38.2 Å². The van der Waals surface area contributed by atoms with Crippen molar-refractivity contribution in [2.45, 2.75) is 25.2 Å². The lowest BCUT2D eigenvalue weighted by atomic mass is 10.2. The zero-order chi connectivity index (χ0) is 21.9. The zero-order valence-electron chi connectivity index (χ0n) is 17.4. The minimum absolute atomic E-state index is 0.0592. The summed E-state index contributed by atoms with van der Waals surface area (Å²) in [5.74, 6) is -0.357. The summed E-state index contributed by atoms with van der Waals surface area (Å²) in [5, 5.41) is 2.96. The largest absolute Gasteiger partial charge is 0.346 e. The minimum atomic E-state index is -3.82. The smallest absolute Gasteiger partial charge is 0.243 e. The van der Waals surface area contributed by atoms with E-state index in [2.05, 4.69) is 9.88 Å². The van der Waals surface area contributed by atoms with E-state index < -0.39 is 10.0 Å². The van der Waals surface area contributed by atoms with Gasteiger partial charge in [0.25, 0.3) is 0 Å². The lowest BCUT2D eigenvalue weighted by molar-refractivity contribution is -0.131. The minimum Gasteiger partial charge on any atom is -0.346 e. The molecule has 162 valence electrons. The van der Waals surface area contributed by atoms with Gasteiger partial charge < -0.3 is 9.80 Å². The summed E-state index contributed by atoms with van der Waals surface area (Å²) in [4.78, 5) is 32.6. The van der Waals surface area contributed by atoms with Crippen LogP contribution in [0.5, 0.6) is 0 Å². The Bertz CT molecular complexity index is 1020. The number of thiazole rings is 1. The molecule has 1 saturated heterocycles. The molecular formula is C20H26N4O4S2. The second kappa shape index (κ2) is 9.23. The Morgan fingerprint density at radius 2 is 1.83 bits per heavy atom. The van der Waals surface area contributed by atoms with Crippen molar-refractivity contribution < 1.29 is 18.0 Å². The van der Waals surface area contributed by atoms with Crippen LogP contribution < -0.4 is 4.90 Å². The number of sulfonamides is 1. The number of rotatable bonds is 6. The lowest BCUT2D eigenvalue weighted by Crippen LogP contribution is -2.42. The number of nitrogens with zero attached hydrogens (tertiary/aromatic N) is 4. The van der Waals surface area contributed by atoms with Crippen molar-refractivity contribution in [2.24, 2.45) is 0 Å². The van der Waals surface area contributed by atoms with Crippen LogP contribution in [0.1, 0.15) is 29.4 Å². The second-order valence-electron chi connectivity index (χ2n) is 7.33. The average Bonchev–Trinajstić information content (AvgIpc) is 2.99. The first-order chi connectivity index (χ1) is 14.2. The summed E-state index contributed by atoms with van der Waals surface area (Å²) in [6.07, 6.45) is 0.799. The number of carbonyl (C=O) groups excluding carboxylic acids is 2. The molecule has 2 aromatic rings. The van der Waals surface area contributed by atoms with Crippen LogP contribution in [-0.2, 0) is 14.8 Å². The molecule has 10 heteroatoms. The molecule has 1 amide bonds. The normalized spacial score (nSPS) is 15.3. The Labute approximate surface area is 181 Å². The van der Waals surface area contributed by atoms with Crippen LogP contribution in [0, 0.1) is 6.92 Å². The average molecular weight is 451 g/mol. The highest BCUT2D eigenvalue weighted by atomic mass is 32.2. The van der Waals surface area contributed by atoms with Gasteiger partial charge in [-0.25, -0.2) is 13.4 Å². The Balaban J connectivity index is 1.62. The fourth-order valence-corrected chi connectivity index (χ4v) is 5.24. The number of hydrogen-bond donors (Lipinski definition) is 0. The first kappa shape index (κ1) is 22.4. The predicted molar refractivity (Wildman–Crippen MR) is 117 cm³/mol. The van der Waals surface area contributed by atoms with E-state index in [0.29, 0.717) is 25.2 Å². The maximum atomic E-state index is 12.8. The molecule has 3 rings (SSSR count). The van der Waals surface area contributed by atoms with Crippen LogP contribution >= 0.6 is 11.3 Å². The lowest BCUT2D eigenvalue weighted by Gasteiger charge is -2.24. The Morgan fingerprint density at radius 3 is 2.43 bits per heavy atom. The molecule has 0 unspecified atom stereocenters. The quantitative estimate of drug-likeness (QED) is 0.626. The number of benzene rings is 1. The van der Waals surface area contributed by atoms with Gasteiger partial charge in [-0.3, -0.25) is 9.59 Å². The van der Waals surface area contributed by atoms with Crippen LogP contribution in [0.3, 0.4) is 0 Å². The molecule has 1 aliphatic rings. The van der Waals surface area contributed by atoms with Crippen molar-refractivity contribution in [3.05, 3.63) is 40.9 Å². The van der Waals surface area contributed by atoms with E-state index in [1.807, 2.05) is 12.3 Å². The summed E-state index contributed by atoms with van der Waals surface area (Å²) in [6.45, 7) is 5.74. The van der Waals surface area contributed by atoms with E-state index in [0.717, 1.165) is 28.1 Å². The van der Waals surface area contributed by atoms with Crippen LogP contribution in [0.15, 0.2) is 34.5 Å². The zero-order valence-corrected chi connectivity index (χ0v) is 19.0. The molecule has 30 heavy (non-hydrogen) atoms. The fourth-order valence-electron chi connectivity index (χ4n) is 3.26. The molecule has 0 saturated carbocycles. The Hall–Kier alpha value is -2.30. The third-order valence-electron chi connectivity index (χ3n) is 5.05. The number of Topliss-reactive ketones (excluding diaryl/α,β-unsaturated/α-hetero) is 1. The standard InChI is InChI=1S/C20H26N4O4S2/c1-15-14-29-20(21-15)24-10-4-9-23(11-12-24)19(26)13-22(3)30(27,28)18-7-5-17(6-8-18)16(2)25/h5-8,14H,4,9-13H2,1-3H3. The molecule has 1 aromatic heterocycles. The molecule has 0 aliphatic carbocycles. The van der Waals surface area contributed by atoms with Gasteiger partial charge in [0.2, 0.25) is 15.9 Å². The summed E-state index contributed by atoms with van der Waals surface area (Å²) in [5.41, 5.74) is 1.42. The van der Waals surface area contributed by atoms with E-state index in [4.69, 9.17) is 0 Å². The van der Waals surface area contributed by atoms with Crippen LogP contribution in [0.2, 0.25) is 0 Å². The molecule has 8 nitrogen and oxygen atoms in total. The summed E-state index contributed by atoms with van der Waals surface area (Å²) in [6, 6.07) is 5.75. The highest BCUT2D eigenvalue weighted by Crippen LogP contribution is 2.22. The molecule has 0 radical (unpaired) electrons. The van der Waals surface area contributed by atoms with E-state index >= 15 is 0 Å². The third kappa shape index (κ3) is 5.05. The Morgan fingerprint density at radius 1 is 1.13 bits per heavy atom. The number of carbonyl (C=O) groups is 2. The SMILES string of the molecule is CC(=O)c1ccc(S(=O)(=O)N(C)CC(=O)N2CCCN(c3nc(C)cs3)CC2)cc1. The van der Waals surface area contributed by atoms with Crippen LogP contribution in [-0.4, -0.2) is 74.1 Å². The maximum absolute atomic E-state index is 12.8. The first-order valence-electron chi connectivity index (χ1n) is 9.70. The number of likely N-dealkylation sites (N-methyl/N-ethyl adjacent to an activating group) is 1. The van der Waals surface area contributed by atoms with E-state index in [-0.39, 0.29) is 23.1 Å². The number of aryl methyl sites for hydroxylation is 1. The van der Waals surface area contributed by atoms with Crippen molar-refractivity contribution in [2.75, 3.05) is 44.7 Å². The van der Waals surface area contributed by atoms with E-state index in [9.17, 15) is 18.0 Å². The van der Waals surface area contributed by atoms with Gasteiger partial charge in [0.15, 0.2) is 10.9 Å². The summed E-state index contributed by atoms with van der Waals surface area (Å²) >= 11 is 1.59. The number of hydrogen-bond acceptors (Lipinski definition) is 7. The van der Waals surface area contributed by atoms with Crippen molar-refractivity contribution in [3.63, 3.8) is 0 Å². The molecule has 0 bridgehead atoms. The number of ketones is 1. The molecule has 1 aromatic carbocycles. The molecule has 0 spiro atoms. The van der Waals surface area contributed by atoms with Crippen LogP contribution in [0.25, 0.3) is 0 Å². The molecule has 0 atom stereocenters. The number of anilines is 1. The molecule has 1 aliphatic heterocycles. The number of amides is 1. The van der Waals surface area contributed by atoms with Gasteiger partial charge in [-0.15, -0.1) is 11.3 Å². The van der Waals surface area contributed by atoms with Crippen molar-refractivity contribution >= 4 is 38.2 Å². The monoisotopic (exact) mass is 450 g/mol. The fraction of sp³-hybridized carbons (Fsp3) is 0.450. The van der Waals surface area contributed by atoms with Gasteiger partial charge in [-0.05, 0) is 32.4 Å². The number of aromatic nitrogens is 1. The van der Waals surface area contributed by atoms with Gasteiger partial charge in [0.1, 0.15) is 0 Å². The van der Waals surface area contributed by atoms with Crippen molar-refractivity contribution in [1.29, 1.82) is 0 Å². The maximum Gasteiger partial charge on any atom is 0.243 e. The molecule has 2 heterocycles. The molecule has 0 N–H and O–H groups in total. The van der Waals surface area contributed by atoms with Gasteiger partial charge in [-0.2, -0.15) is 4.31 Å². The topological polar surface area (TPSA) is 90.9 Å². The first-order valence-corrected chi connectivity index (χ1v) is 12.0. The highest BCUT2D eigenvalue weighted by molar-refractivity contribution is 7.89. The summed E-state index contributed by atoms with van der Waals surface area (Å²) in [7, 11) is -2.42. The van der Waals surface area contributed by atoms with Crippen molar-refractivity contribution in [3.8, 4) is 0 Å². The van der Waals surface area contributed by atoms with Crippen LogP contribution in [0.4, 0.5) is 5.13 Å². The predicted octanol–water partition coefficient (Wildman–Crippen LogP) is 2.01. The second-order valence-corrected chi connectivity index (χ2v) is 10.2. The molecular weight excluding hydrogens is 424 g/mol. The Kier molecular flexibility index (Phi) is 6.89. The molecule has 1 fully saturated rings. The van der Waals surface area contributed by atoms with Gasteiger partial charge in [0, 0.05) is 44.2 Å².